The van der Waals surface area contributed by atoms with Crippen molar-refractivity contribution in [3.8, 4) is 0 Å². The first-order valence-electron chi connectivity index (χ1n) is 7.48. The molecule has 1 aliphatic heterocycles. The van der Waals surface area contributed by atoms with Crippen LogP contribution in [-0.4, -0.2) is 35.0 Å². The normalized spacial score (nSPS) is 30.3. The number of carboxylic acids is 1. The fourth-order valence-electron chi connectivity index (χ4n) is 3.41. The largest absolute Gasteiger partial charge is 0.481 e. The van der Waals surface area contributed by atoms with Crippen LogP contribution in [0.2, 0.25) is 0 Å². The molecule has 4 nitrogen and oxygen atoms in total. The van der Waals surface area contributed by atoms with E-state index in [1.54, 1.807) is 0 Å². The molecule has 4 heteroatoms. The lowest BCUT2D eigenvalue weighted by atomic mass is 9.78. The Balaban J connectivity index is 1.96. The van der Waals surface area contributed by atoms with E-state index in [1.165, 1.54) is 0 Å². The zero-order valence-corrected chi connectivity index (χ0v) is 12.0. The lowest BCUT2D eigenvalue weighted by Crippen LogP contribution is -2.45. The first-order chi connectivity index (χ1) is 8.97. The van der Waals surface area contributed by atoms with E-state index in [2.05, 4.69) is 13.8 Å². The summed E-state index contributed by atoms with van der Waals surface area (Å²) in [5, 5.41) is 9.18. The molecule has 1 aliphatic carbocycles. The Morgan fingerprint density at radius 1 is 1.21 bits per heavy atom. The second kappa shape index (κ2) is 5.51. The van der Waals surface area contributed by atoms with Crippen molar-refractivity contribution in [2.24, 2.45) is 17.3 Å². The van der Waals surface area contributed by atoms with Crippen LogP contribution >= 0.6 is 0 Å². The molecule has 2 rings (SSSR count). The van der Waals surface area contributed by atoms with Gasteiger partial charge in [-0.05, 0) is 31.1 Å². The standard InChI is InChI=1S/C15H25NO3/c1-3-15(2)7-9-16(10-8-15)13(17)11-5-4-6-12(11)14(18)19/h11-12H,3-10H2,1-2H3,(H,18,19). The van der Waals surface area contributed by atoms with Crippen LogP contribution in [0.4, 0.5) is 0 Å². The summed E-state index contributed by atoms with van der Waals surface area (Å²) in [4.78, 5) is 25.6. The number of likely N-dealkylation sites (tertiary alicyclic amines) is 1. The number of rotatable bonds is 3. The zero-order chi connectivity index (χ0) is 14.0. The summed E-state index contributed by atoms with van der Waals surface area (Å²) in [6, 6.07) is 0. The maximum Gasteiger partial charge on any atom is 0.307 e. The highest BCUT2D eigenvalue weighted by Gasteiger charge is 2.41. The average molecular weight is 267 g/mol. The first kappa shape index (κ1) is 14.4. The van der Waals surface area contributed by atoms with Gasteiger partial charge in [-0.3, -0.25) is 9.59 Å². The topological polar surface area (TPSA) is 57.6 Å². The summed E-state index contributed by atoms with van der Waals surface area (Å²) in [6.07, 6.45) is 5.51. The quantitative estimate of drug-likeness (QED) is 0.855. The van der Waals surface area contributed by atoms with Gasteiger partial charge in [0.25, 0.3) is 0 Å². The Morgan fingerprint density at radius 2 is 1.79 bits per heavy atom. The maximum absolute atomic E-state index is 12.5. The van der Waals surface area contributed by atoms with Crippen molar-refractivity contribution in [3.05, 3.63) is 0 Å². The van der Waals surface area contributed by atoms with Gasteiger partial charge < -0.3 is 10.0 Å². The summed E-state index contributed by atoms with van der Waals surface area (Å²) < 4.78 is 0. The number of aliphatic carboxylic acids is 1. The summed E-state index contributed by atoms with van der Waals surface area (Å²) in [5.74, 6) is -1.44. The third-order valence-electron chi connectivity index (χ3n) is 5.29. The maximum atomic E-state index is 12.5. The molecule has 1 amide bonds. The second-order valence-electron chi connectivity index (χ2n) is 6.47. The van der Waals surface area contributed by atoms with Crippen LogP contribution in [-0.2, 0) is 9.59 Å². The molecule has 0 aromatic carbocycles. The van der Waals surface area contributed by atoms with Gasteiger partial charge in [0.2, 0.25) is 5.91 Å². The van der Waals surface area contributed by atoms with Crippen LogP contribution in [0.3, 0.4) is 0 Å². The highest BCUT2D eigenvalue weighted by Crippen LogP contribution is 2.37. The highest BCUT2D eigenvalue weighted by atomic mass is 16.4. The van der Waals surface area contributed by atoms with E-state index in [0.29, 0.717) is 11.8 Å². The fraction of sp³-hybridized carbons (Fsp3) is 0.867. The molecule has 1 N–H and O–H groups in total. The average Bonchev–Trinajstić information content (AvgIpc) is 2.88. The number of carbonyl (C=O) groups excluding carboxylic acids is 1. The molecule has 2 unspecified atom stereocenters. The van der Waals surface area contributed by atoms with Gasteiger partial charge >= 0.3 is 5.97 Å². The Hall–Kier alpha value is -1.06. The number of nitrogens with zero attached hydrogens (tertiary/aromatic N) is 1. The molecule has 0 aromatic heterocycles. The van der Waals surface area contributed by atoms with Crippen LogP contribution in [0.25, 0.3) is 0 Å². The Labute approximate surface area is 115 Å². The molecule has 108 valence electrons. The predicted molar refractivity (Wildman–Crippen MR) is 72.7 cm³/mol. The van der Waals surface area contributed by atoms with Crippen LogP contribution in [0, 0.1) is 17.3 Å². The van der Waals surface area contributed by atoms with Crippen molar-refractivity contribution in [1.82, 2.24) is 4.90 Å². The van der Waals surface area contributed by atoms with E-state index in [1.807, 2.05) is 4.90 Å². The van der Waals surface area contributed by atoms with Gasteiger partial charge in [0.15, 0.2) is 0 Å². The molecule has 2 atom stereocenters. The predicted octanol–water partition coefficient (Wildman–Crippen LogP) is 2.53. The molecule has 2 fully saturated rings. The van der Waals surface area contributed by atoms with Crippen LogP contribution < -0.4 is 0 Å². The second-order valence-corrected chi connectivity index (χ2v) is 6.47. The number of hydrogen-bond acceptors (Lipinski definition) is 2. The van der Waals surface area contributed by atoms with Crippen molar-refractivity contribution in [1.29, 1.82) is 0 Å². The lowest BCUT2D eigenvalue weighted by molar-refractivity contribution is -0.150. The van der Waals surface area contributed by atoms with Gasteiger partial charge in [-0.2, -0.15) is 0 Å². The minimum absolute atomic E-state index is 0.0862. The van der Waals surface area contributed by atoms with Gasteiger partial charge in [-0.25, -0.2) is 0 Å². The van der Waals surface area contributed by atoms with Crippen molar-refractivity contribution in [2.45, 2.75) is 52.4 Å². The number of carboxylic acid groups (broad SMARTS) is 1. The Bertz CT molecular complexity index is 358. The molecule has 1 saturated carbocycles. The smallest absolute Gasteiger partial charge is 0.307 e. The SMILES string of the molecule is CCC1(C)CCN(C(=O)C2CCCC2C(=O)O)CC1. The molecule has 19 heavy (non-hydrogen) atoms. The van der Waals surface area contributed by atoms with Gasteiger partial charge in [0.1, 0.15) is 0 Å². The minimum Gasteiger partial charge on any atom is -0.481 e. The van der Waals surface area contributed by atoms with Crippen molar-refractivity contribution in [3.63, 3.8) is 0 Å². The van der Waals surface area contributed by atoms with E-state index in [0.717, 1.165) is 45.2 Å². The summed E-state index contributed by atoms with van der Waals surface area (Å²) in [5.41, 5.74) is 0.360. The van der Waals surface area contributed by atoms with Crippen LogP contribution in [0.5, 0.6) is 0 Å². The number of carbonyl (C=O) groups is 2. The van der Waals surface area contributed by atoms with E-state index >= 15 is 0 Å². The summed E-state index contributed by atoms with van der Waals surface area (Å²) in [6.45, 7) is 6.08. The van der Waals surface area contributed by atoms with Gasteiger partial charge in [-0.15, -0.1) is 0 Å². The molecule has 0 radical (unpaired) electrons. The van der Waals surface area contributed by atoms with Crippen molar-refractivity contribution < 1.29 is 14.7 Å². The van der Waals surface area contributed by atoms with E-state index in [4.69, 9.17) is 0 Å². The monoisotopic (exact) mass is 267 g/mol. The molecule has 2 aliphatic rings. The molecule has 1 saturated heterocycles. The van der Waals surface area contributed by atoms with Crippen LogP contribution in [0.15, 0.2) is 0 Å². The summed E-state index contributed by atoms with van der Waals surface area (Å²) in [7, 11) is 0. The van der Waals surface area contributed by atoms with Gasteiger partial charge in [0.05, 0.1) is 11.8 Å². The fourth-order valence-corrected chi connectivity index (χ4v) is 3.41. The molecular weight excluding hydrogens is 242 g/mol. The Kier molecular flexibility index (Phi) is 4.16. The molecule has 1 heterocycles. The number of amides is 1. The highest BCUT2D eigenvalue weighted by molar-refractivity contribution is 5.85. The third kappa shape index (κ3) is 2.93. The van der Waals surface area contributed by atoms with E-state index in [-0.39, 0.29) is 11.8 Å². The summed E-state index contributed by atoms with van der Waals surface area (Å²) >= 11 is 0. The Morgan fingerprint density at radius 3 is 2.32 bits per heavy atom. The van der Waals surface area contributed by atoms with Gasteiger partial charge in [0, 0.05) is 13.1 Å². The number of piperidine rings is 1. The van der Waals surface area contributed by atoms with E-state index < -0.39 is 11.9 Å². The minimum atomic E-state index is -0.800. The molecule has 0 spiro atoms. The molecule has 0 aromatic rings. The van der Waals surface area contributed by atoms with Gasteiger partial charge in [-0.1, -0.05) is 26.7 Å². The number of hydrogen-bond donors (Lipinski definition) is 1. The van der Waals surface area contributed by atoms with Crippen molar-refractivity contribution in [2.75, 3.05) is 13.1 Å². The zero-order valence-electron chi connectivity index (χ0n) is 12.0. The third-order valence-corrected chi connectivity index (χ3v) is 5.29. The van der Waals surface area contributed by atoms with Crippen molar-refractivity contribution >= 4 is 11.9 Å². The lowest BCUT2D eigenvalue weighted by Gasteiger charge is -2.40. The van der Waals surface area contributed by atoms with E-state index in [9.17, 15) is 14.7 Å². The first-order valence-corrected chi connectivity index (χ1v) is 7.48. The van der Waals surface area contributed by atoms with Crippen LogP contribution in [0.1, 0.15) is 52.4 Å². The molecular formula is C15H25NO3. The molecule has 0 bridgehead atoms.